The molecule has 1 aliphatic heterocycles. The molecule has 2 aromatic carbocycles. The molecule has 1 amide bonds. The summed E-state index contributed by atoms with van der Waals surface area (Å²) < 4.78 is 0. The Hall–Kier alpha value is -2.54. The second kappa shape index (κ2) is 9.31. The Morgan fingerprint density at radius 2 is 1.76 bits per heavy atom. The van der Waals surface area contributed by atoms with E-state index in [4.69, 9.17) is 34.0 Å². The highest BCUT2D eigenvalue weighted by molar-refractivity contribution is 6.42. The third kappa shape index (κ3) is 4.40. The molecule has 29 heavy (non-hydrogen) atoms. The number of carbonyl (C=O) groups excluding carboxylic acids is 1. The number of pyridine rings is 1. The molecule has 0 radical (unpaired) electrons. The fourth-order valence-corrected chi connectivity index (χ4v) is 3.75. The number of aliphatic hydroxyl groups is 1. The Labute approximate surface area is 179 Å². The van der Waals surface area contributed by atoms with Crippen molar-refractivity contribution < 1.29 is 14.9 Å². The zero-order valence-corrected chi connectivity index (χ0v) is 17.5. The number of nitrogen functional groups attached to an aromatic ring is 1. The van der Waals surface area contributed by atoms with Crippen LogP contribution in [0.5, 0.6) is 0 Å². The SMILES string of the molecule is CO.Nc1ccc(N2CCN(C(=O)c3ccc(Cl)c(Cl)c3)CC2)c2[nH+]cccc12. The van der Waals surface area contributed by atoms with E-state index in [-0.39, 0.29) is 5.91 Å². The summed E-state index contributed by atoms with van der Waals surface area (Å²) in [6, 6.07) is 12.9. The fraction of sp³-hybridized carbons (Fsp3) is 0.238. The zero-order chi connectivity index (χ0) is 21.0. The first-order chi connectivity index (χ1) is 14.0. The molecule has 4 rings (SSSR count). The number of piperazine rings is 1. The lowest BCUT2D eigenvalue weighted by molar-refractivity contribution is -0.344. The van der Waals surface area contributed by atoms with Crippen LogP contribution in [-0.2, 0) is 0 Å². The minimum absolute atomic E-state index is 0.0260. The first-order valence-electron chi connectivity index (χ1n) is 9.17. The Morgan fingerprint density at radius 3 is 2.45 bits per heavy atom. The average Bonchev–Trinajstić information content (AvgIpc) is 2.77. The van der Waals surface area contributed by atoms with Gasteiger partial charge in [-0.25, -0.2) is 4.98 Å². The van der Waals surface area contributed by atoms with Gasteiger partial charge in [-0.15, -0.1) is 0 Å². The second-order valence-corrected chi connectivity index (χ2v) is 7.36. The number of aliphatic hydroxyl groups excluding tert-OH is 1. The molecule has 1 aliphatic rings. The molecule has 4 N–H and O–H groups in total. The van der Waals surface area contributed by atoms with Crippen molar-refractivity contribution in [2.24, 2.45) is 0 Å². The maximum Gasteiger partial charge on any atom is 0.254 e. The van der Waals surface area contributed by atoms with E-state index in [9.17, 15) is 4.79 Å². The van der Waals surface area contributed by atoms with Crippen LogP contribution in [0.15, 0.2) is 48.7 Å². The van der Waals surface area contributed by atoms with E-state index < -0.39 is 0 Å². The van der Waals surface area contributed by atoms with Gasteiger partial charge in [0.25, 0.3) is 5.91 Å². The van der Waals surface area contributed by atoms with Crippen molar-refractivity contribution in [2.75, 3.05) is 43.9 Å². The molecular weight excluding hydrogens is 411 g/mol. The molecule has 8 heteroatoms. The third-order valence-electron chi connectivity index (χ3n) is 4.92. The average molecular weight is 434 g/mol. The van der Waals surface area contributed by atoms with Crippen LogP contribution in [0.2, 0.25) is 10.0 Å². The van der Waals surface area contributed by atoms with Gasteiger partial charge in [-0.1, -0.05) is 23.2 Å². The number of rotatable bonds is 2. The minimum atomic E-state index is -0.0260. The van der Waals surface area contributed by atoms with E-state index in [0.29, 0.717) is 28.7 Å². The topological polar surface area (TPSA) is 83.9 Å². The van der Waals surface area contributed by atoms with Crippen molar-refractivity contribution in [3.63, 3.8) is 0 Å². The fourth-order valence-electron chi connectivity index (χ4n) is 3.46. The van der Waals surface area contributed by atoms with Crippen LogP contribution < -0.4 is 15.6 Å². The minimum Gasteiger partial charge on any atom is -0.400 e. The quantitative estimate of drug-likeness (QED) is 0.608. The number of carbonyl (C=O) groups is 1. The Morgan fingerprint density at radius 1 is 1.03 bits per heavy atom. The first kappa shape index (κ1) is 21.2. The predicted octanol–water partition coefficient (Wildman–Crippen LogP) is 3.11. The summed E-state index contributed by atoms with van der Waals surface area (Å²) in [4.78, 5) is 20.2. The second-order valence-electron chi connectivity index (χ2n) is 6.54. The van der Waals surface area contributed by atoms with Crippen LogP contribution in [0.25, 0.3) is 10.9 Å². The highest BCUT2D eigenvalue weighted by Crippen LogP contribution is 2.29. The molecule has 2 heterocycles. The van der Waals surface area contributed by atoms with Crippen LogP contribution in [-0.4, -0.2) is 49.2 Å². The maximum absolute atomic E-state index is 12.7. The van der Waals surface area contributed by atoms with Gasteiger partial charge in [-0.05, 0) is 36.4 Å². The summed E-state index contributed by atoms with van der Waals surface area (Å²) in [6.07, 6.45) is 1.90. The van der Waals surface area contributed by atoms with Crippen LogP contribution in [0.1, 0.15) is 10.4 Å². The number of nitrogens with two attached hydrogens (primary N) is 1. The van der Waals surface area contributed by atoms with Crippen molar-refractivity contribution in [3.8, 4) is 0 Å². The lowest BCUT2D eigenvalue weighted by atomic mass is 10.1. The largest absolute Gasteiger partial charge is 0.400 e. The number of benzene rings is 2. The van der Waals surface area contributed by atoms with Crippen LogP contribution in [0.3, 0.4) is 0 Å². The smallest absolute Gasteiger partial charge is 0.254 e. The van der Waals surface area contributed by atoms with Crippen LogP contribution in [0.4, 0.5) is 11.4 Å². The number of fused-ring (bicyclic) bond motifs is 1. The molecule has 3 aromatic rings. The van der Waals surface area contributed by atoms with Crippen molar-refractivity contribution >= 4 is 51.4 Å². The van der Waals surface area contributed by atoms with Gasteiger partial charge in [0.1, 0.15) is 5.69 Å². The number of hydrogen-bond donors (Lipinski definition) is 2. The van der Waals surface area contributed by atoms with Gasteiger partial charge in [0.05, 0.1) is 15.4 Å². The summed E-state index contributed by atoms with van der Waals surface area (Å²) in [5.41, 5.74) is 9.51. The zero-order valence-electron chi connectivity index (χ0n) is 16.0. The summed E-state index contributed by atoms with van der Waals surface area (Å²) in [6.45, 7) is 2.76. The predicted molar refractivity (Wildman–Crippen MR) is 118 cm³/mol. The molecule has 0 bridgehead atoms. The summed E-state index contributed by atoms with van der Waals surface area (Å²) >= 11 is 12.0. The number of hydrogen-bond acceptors (Lipinski definition) is 4. The maximum atomic E-state index is 12.7. The summed E-state index contributed by atoms with van der Waals surface area (Å²) in [7, 11) is 1.00. The van der Waals surface area contributed by atoms with Crippen molar-refractivity contribution in [1.29, 1.82) is 0 Å². The number of H-pyrrole nitrogens is 1. The van der Waals surface area contributed by atoms with E-state index >= 15 is 0 Å². The van der Waals surface area contributed by atoms with Gasteiger partial charge in [0, 0.05) is 50.6 Å². The summed E-state index contributed by atoms with van der Waals surface area (Å²) in [5, 5.41) is 8.85. The standard InChI is InChI=1S/C20H18Cl2N4O.CH4O/c21-15-4-3-13(12-16(15)22)20(27)26-10-8-25(9-11-26)18-6-5-17(23)14-2-1-7-24-19(14)18;1-2/h1-7,12H,8-11,23H2;2H,1H3/p+1. The Bertz CT molecular complexity index is 1020. The van der Waals surface area contributed by atoms with Gasteiger partial charge < -0.3 is 20.6 Å². The van der Waals surface area contributed by atoms with E-state index in [1.165, 1.54) is 0 Å². The van der Waals surface area contributed by atoms with E-state index in [1.807, 2.05) is 35.4 Å². The number of aromatic nitrogens is 1. The van der Waals surface area contributed by atoms with E-state index in [1.54, 1.807) is 18.2 Å². The first-order valence-corrected chi connectivity index (χ1v) is 9.93. The molecular formula is C21H23Cl2N4O2+. The molecule has 0 atom stereocenters. The highest BCUT2D eigenvalue weighted by atomic mass is 35.5. The number of halogens is 2. The third-order valence-corrected chi connectivity index (χ3v) is 5.66. The normalized spacial score (nSPS) is 13.8. The molecule has 0 unspecified atom stereocenters. The molecule has 0 aliphatic carbocycles. The number of nitrogens with one attached hydrogen (secondary N) is 1. The number of amides is 1. The lowest BCUT2D eigenvalue weighted by Gasteiger charge is -2.35. The number of anilines is 2. The van der Waals surface area contributed by atoms with Crippen molar-refractivity contribution in [3.05, 3.63) is 64.3 Å². The Kier molecular flexibility index (Phi) is 6.79. The van der Waals surface area contributed by atoms with E-state index in [0.717, 1.165) is 42.5 Å². The van der Waals surface area contributed by atoms with Gasteiger partial charge in [-0.3, -0.25) is 4.79 Å². The molecule has 0 spiro atoms. The van der Waals surface area contributed by atoms with Crippen LogP contribution >= 0.6 is 23.2 Å². The van der Waals surface area contributed by atoms with Gasteiger partial charge in [0.15, 0.2) is 6.20 Å². The van der Waals surface area contributed by atoms with Crippen molar-refractivity contribution in [1.82, 2.24) is 4.90 Å². The monoisotopic (exact) mass is 433 g/mol. The van der Waals surface area contributed by atoms with Gasteiger partial charge in [-0.2, -0.15) is 0 Å². The van der Waals surface area contributed by atoms with E-state index in [2.05, 4.69) is 9.88 Å². The molecule has 0 saturated carbocycles. The van der Waals surface area contributed by atoms with Crippen LogP contribution in [0, 0.1) is 0 Å². The summed E-state index contributed by atoms with van der Waals surface area (Å²) in [5.74, 6) is -0.0260. The number of aromatic amines is 1. The van der Waals surface area contributed by atoms with Crippen molar-refractivity contribution in [2.45, 2.75) is 0 Å². The molecule has 1 fully saturated rings. The molecule has 6 nitrogen and oxygen atoms in total. The molecule has 1 aromatic heterocycles. The molecule has 1 saturated heterocycles. The number of nitrogens with zero attached hydrogens (tertiary/aromatic N) is 2. The highest BCUT2D eigenvalue weighted by Gasteiger charge is 2.25. The molecule has 152 valence electrons. The van der Waals surface area contributed by atoms with Gasteiger partial charge >= 0.3 is 0 Å². The van der Waals surface area contributed by atoms with Gasteiger partial charge in [0.2, 0.25) is 5.52 Å². The Balaban J connectivity index is 0.00000117. The lowest BCUT2D eigenvalue weighted by Crippen LogP contribution is -2.49.